The smallest absolute Gasteiger partial charge is 0.310 e. The van der Waals surface area contributed by atoms with Gasteiger partial charge in [0, 0.05) is 11.6 Å². The SMILES string of the molecule is [B]c1cc(C#N)ccc1Oc1cc(F)c(CC(=O)OC)cc1Cl. The van der Waals surface area contributed by atoms with E-state index in [9.17, 15) is 9.18 Å². The fraction of sp³-hybridized carbons (Fsp3) is 0.125. The Morgan fingerprint density at radius 3 is 2.70 bits per heavy atom. The van der Waals surface area contributed by atoms with Gasteiger partial charge < -0.3 is 9.47 Å². The predicted octanol–water partition coefficient (Wildman–Crippen LogP) is 2.65. The molecule has 2 radical (unpaired) electrons. The second kappa shape index (κ2) is 7.16. The topological polar surface area (TPSA) is 59.3 Å². The van der Waals surface area contributed by atoms with Crippen LogP contribution in [0.4, 0.5) is 4.39 Å². The first-order valence-electron chi connectivity index (χ1n) is 6.46. The van der Waals surface area contributed by atoms with Crippen molar-refractivity contribution in [1.82, 2.24) is 0 Å². The number of carbonyl (C=O) groups is 1. The highest BCUT2D eigenvalue weighted by Gasteiger charge is 2.14. The van der Waals surface area contributed by atoms with Crippen molar-refractivity contribution >= 4 is 30.9 Å². The lowest BCUT2D eigenvalue weighted by Crippen LogP contribution is -2.08. The van der Waals surface area contributed by atoms with Crippen molar-refractivity contribution in [3.05, 3.63) is 52.3 Å². The highest BCUT2D eigenvalue weighted by atomic mass is 35.5. The summed E-state index contributed by atoms with van der Waals surface area (Å²) >= 11 is 6.05. The molecule has 0 amide bonds. The molecular weight excluding hydrogens is 319 g/mol. The predicted molar refractivity (Wildman–Crippen MR) is 83.7 cm³/mol. The number of hydrogen-bond donors (Lipinski definition) is 0. The summed E-state index contributed by atoms with van der Waals surface area (Å²) in [4.78, 5) is 11.2. The molecule has 114 valence electrons. The molecule has 7 heteroatoms. The molecule has 2 aromatic carbocycles. The fourth-order valence-electron chi connectivity index (χ4n) is 1.84. The molecule has 0 N–H and O–H groups in total. The van der Waals surface area contributed by atoms with Gasteiger partial charge in [0.2, 0.25) is 0 Å². The third-order valence-corrected chi connectivity index (χ3v) is 3.32. The van der Waals surface area contributed by atoms with Gasteiger partial charge in [0.15, 0.2) is 0 Å². The van der Waals surface area contributed by atoms with E-state index in [1.807, 2.05) is 6.07 Å². The zero-order valence-electron chi connectivity index (χ0n) is 12.1. The van der Waals surface area contributed by atoms with Gasteiger partial charge in [-0.2, -0.15) is 5.26 Å². The minimum atomic E-state index is -0.651. The lowest BCUT2D eigenvalue weighted by atomic mass is 9.93. The summed E-state index contributed by atoms with van der Waals surface area (Å²) in [5, 5.41) is 8.91. The molecule has 0 aliphatic heterocycles. The van der Waals surface area contributed by atoms with E-state index in [4.69, 9.17) is 29.4 Å². The molecule has 4 nitrogen and oxygen atoms in total. The van der Waals surface area contributed by atoms with E-state index in [1.54, 1.807) is 0 Å². The van der Waals surface area contributed by atoms with Crippen molar-refractivity contribution in [2.45, 2.75) is 6.42 Å². The Kier molecular flexibility index (Phi) is 5.25. The molecule has 23 heavy (non-hydrogen) atoms. The molecule has 0 aromatic heterocycles. The highest BCUT2D eigenvalue weighted by Crippen LogP contribution is 2.31. The van der Waals surface area contributed by atoms with Gasteiger partial charge in [-0.3, -0.25) is 4.79 Å². The monoisotopic (exact) mass is 329 g/mol. The third kappa shape index (κ3) is 4.02. The van der Waals surface area contributed by atoms with Gasteiger partial charge in [0.1, 0.15) is 25.2 Å². The van der Waals surface area contributed by atoms with Crippen LogP contribution in [0.5, 0.6) is 11.5 Å². The molecule has 0 atom stereocenters. The molecule has 2 aromatic rings. The summed E-state index contributed by atoms with van der Waals surface area (Å²) < 4.78 is 24.0. The summed E-state index contributed by atoms with van der Waals surface area (Å²) in [7, 11) is 6.99. The van der Waals surface area contributed by atoms with Gasteiger partial charge in [-0.15, -0.1) is 0 Å². The van der Waals surface area contributed by atoms with Crippen LogP contribution in [-0.2, 0) is 16.0 Å². The van der Waals surface area contributed by atoms with Crippen LogP contribution in [0.15, 0.2) is 30.3 Å². The van der Waals surface area contributed by atoms with Crippen molar-refractivity contribution in [3.8, 4) is 17.6 Å². The molecule has 2 rings (SSSR count). The number of benzene rings is 2. The van der Waals surface area contributed by atoms with Crippen LogP contribution in [0.1, 0.15) is 11.1 Å². The number of nitriles is 1. The van der Waals surface area contributed by atoms with Gasteiger partial charge in [0.05, 0.1) is 30.2 Å². The zero-order valence-corrected chi connectivity index (χ0v) is 12.9. The van der Waals surface area contributed by atoms with E-state index in [2.05, 4.69) is 4.74 Å². The second-order valence-electron chi connectivity index (χ2n) is 4.59. The molecule has 0 heterocycles. The summed E-state index contributed by atoms with van der Waals surface area (Å²) in [5.41, 5.74) is 0.696. The standard InChI is InChI=1S/C16H10BClFNO3/c1-22-16(21)6-10-5-12(18)15(7-13(10)19)23-14-3-2-9(8-20)4-11(14)17/h2-5,7H,6H2,1H3. The maximum absolute atomic E-state index is 14.0. The molecule has 0 saturated carbocycles. The quantitative estimate of drug-likeness (QED) is 0.639. The first kappa shape index (κ1) is 16.8. The number of halogens is 2. The minimum absolute atomic E-state index is 0.0502. The van der Waals surface area contributed by atoms with E-state index in [-0.39, 0.29) is 34.0 Å². The number of ether oxygens (including phenoxy) is 2. The number of esters is 1. The normalized spacial score (nSPS) is 10.0. The molecule has 0 bridgehead atoms. The van der Waals surface area contributed by atoms with E-state index in [0.29, 0.717) is 5.56 Å². The van der Waals surface area contributed by atoms with Crippen LogP contribution in [-0.4, -0.2) is 20.9 Å². The first-order valence-corrected chi connectivity index (χ1v) is 6.84. The molecule has 0 aliphatic rings. The van der Waals surface area contributed by atoms with Crippen LogP contribution < -0.4 is 10.2 Å². The molecule has 0 aliphatic carbocycles. The Bertz CT molecular complexity index is 805. The van der Waals surface area contributed by atoms with Gasteiger partial charge >= 0.3 is 5.97 Å². The summed E-state index contributed by atoms with van der Waals surface area (Å²) in [6, 6.07) is 8.75. The maximum Gasteiger partial charge on any atom is 0.310 e. The van der Waals surface area contributed by atoms with E-state index in [1.165, 1.54) is 31.4 Å². The van der Waals surface area contributed by atoms with Crippen LogP contribution in [0, 0.1) is 17.1 Å². The summed E-state index contributed by atoms with van der Waals surface area (Å²) in [5.74, 6) is -0.938. The van der Waals surface area contributed by atoms with E-state index < -0.39 is 11.8 Å². The minimum Gasteiger partial charge on any atom is -0.469 e. The lowest BCUT2D eigenvalue weighted by Gasteiger charge is -2.12. The molecule has 0 spiro atoms. The zero-order chi connectivity index (χ0) is 17.0. The Morgan fingerprint density at radius 2 is 2.09 bits per heavy atom. The van der Waals surface area contributed by atoms with Gasteiger partial charge in [-0.05, 0) is 24.3 Å². The number of hydrogen-bond acceptors (Lipinski definition) is 4. The fourth-order valence-corrected chi connectivity index (χ4v) is 2.07. The molecule has 0 saturated heterocycles. The van der Waals surface area contributed by atoms with Crippen molar-refractivity contribution in [1.29, 1.82) is 5.26 Å². The van der Waals surface area contributed by atoms with Crippen molar-refractivity contribution in [2.75, 3.05) is 7.11 Å². The van der Waals surface area contributed by atoms with Crippen LogP contribution in [0.2, 0.25) is 5.02 Å². The van der Waals surface area contributed by atoms with Crippen molar-refractivity contribution in [3.63, 3.8) is 0 Å². The summed E-state index contributed by atoms with van der Waals surface area (Å²) in [6.07, 6.45) is -0.235. The average Bonchev–Trinajstić information content (AvgIpc) is 2.53. The van der Waals surface area contributed by atoms with Gasteiger partial charge in [-0.1, -0.05) is 17.1 Å². The Balaban J connectivity index is 2.29. The Morgan fingerprint density at radius 1 is 1.35 bits per heavy atom. The number of carbonyl (C=O) groups excluding carboxylic acids is 1. The van der Waals surface area contributed by atoms with Gasteiger partial charge in [-0.25, -0.2) is 4.39 Å². The maximum atomic E-state index is 14.0. The summed E-state index contributed by atoms with van der Waals surface area (Å²) in [6.45, 7) is 0. The number of rotatable bonds is 4. The van der Waals surface area contributed by atoms with E-state index in [0.717, 1.165) is 6.07 Å². The van der Waals surface area contributed by atoms with Gasteiger partial charge in [0.25, 0.3) is 0 Å². The first-order chi connectivity index (χ1) is 10.9. The Labute approximate surface area is 138 Å². The molecule has 0 fully saturated rings. The number of nitrogens with zero attached hydrogens (tertiary/aromatic N) is 1. The van der Waals surface area contributed by atoms with Crippen LogP contribution in [0.3, 0.4) is 0 Å². The lowest BCUT2D eigenvalue weighted by molar-refractivity contribution is -0.139. The molecular formula is C16H10BClFNO3. The second-order valence-corrected chi connectivity index (χ2v) is 5.00. The molecule has 0 unspecified atom stereocenters. The van der Waals surface area contributed by atoms with Crippen LogP contribution in [0.25, 0.3) is 0 Å². The van der Waals surface area contributed by atoms with E-state index >= 15 is 0 Å². The van der Waals surface area contributed by atoms with Crippen molar-refractivity contribution in [2.24, 2.45) is 0 Å². The van der Waals surface area contributed by atoms with Crippen molar-refractivity contribution < 1.29 is 18.7 Å². The van der Waals surface area contributed by atoms with Crippen LogP contribution >= 0.6 is 11.6 Å². The highest BCUT2D eigenvalue weighted by molar-refractivity contribution is 6.34. The Hall–Kier alpha value is -2.52. The number of methoxy groups -OCH3 is 1. The average molecular weight is 330 g/mol. The largest absolute Gasteiger partial charge is 0.469 e. The third-order valence-electron chi connectivity index (χ3n) is 3.02.